The number of carbonyl (C=O) groups is 2. The van der Waals surface area contributed by atoms with Gasteiger partial charge in [-0.25, -0.2) is 8.42 Å². The van der Waals surface area contributed by atoms with Gasteiger partial charge in [0.05, 0.1) is 0 Å². The molecule has 1 saturated carbocycles. The van der Waals surface area contributed by atoms with Gasteiger partial charge in [-0.15, -0.1) is 0 Å². The highest BCUT2D eigenvalue weighted by molar-refractivity contribution is 7.89. The average Bonchev–Trinajstić information content (AvgIpc) is 3.45. The first-order chi connectivity index (χ1) is 11.9. The summed E-state index contributed by atoms with van der Waals surface area (Å²) in [6.45, 7) is 0.218. The molecule has 1 amide bonds. The summed E-state index contributed by atoms with van der Waals surface area (Å²) >= 11 is 0. The van der Waals surface area contributed by atoms with Gasteiger partial charge in [0.25, 0.3) is 0 Å². The standard InChI is InChI=1S/C16H21N3O5S/c20-15(21)11-19(13-3-4-13)16(22)12-5-8-18(9-6-12)25(23,24)14-2-1-7-17-10-14/h1-2,7,10,12-13H,3-6,8-9,11H2,(H,20,21). The highest BCUT2D eigenvalue weighted by atomic mass is 32.2. The lowest BCUT2D eigenvalue weighted by Gasteiger charge is -2.33. The van der Waals surface area contributed by atoms with Gasteiger partial charge in [0.15, 0.2) is 0 Å². The van der Waals surface area contributed by atoms with Crippen LogP contribution in [0.3, 0.4) is 0 Å². The number of nitrogens with zero attached hydrogens (tertiary/aromatic N) is 3. The molecule has 1 aliphatic carbocycles. The zero-order valence-electron chi connectivity index (χ0n) is 13.7. The highest BCUT2D eigenvalue weighted by Crippen LogP contribution is 2.31. The Morgan fingerprint density at radius 2 is 1.92 bits per heavy atom. The van der Waals surface area contributed by atoms with Crippen LogP contribution >= 0.6 is 0 Å². The van der Waals surface area contributed by atoms with Crippen LogP contribution in [0, 0.1) is 5.92 Å². The summed E-state index contributed by atoms with van der Waals surface area (Å²) in [5, 5.41) is 9.00. The maximum atomic E-state index is 12.6. The van der Waals surface area contributed by atoms with Gasteiger partial charge < -0.3 is 10.0 Å². The van der Waals surface area contributed by atoms with Gasteiger partial charge in [0.2, 0.25) is 15.9 Å². The Labute approximate surface area is 146 Å². The molecular weight excluding hydrogens is 346 g/mol. The minimum absolute atomic E-state index is 0.0285. The predicted molar refractivity (Wildman–Crippen MR) is 88.1 cm³/mol. The van der Waals surface area contributed by atoms with Crippen molar-refractivity contribution in [2.75, 3.05) is 19.6 Å². The molecule has 0 bridgehead atoms. The molecule has 1 aromatic rings. The first kappa shape index (κ1) is 17.8. The summed E-state index contributed by atoms with van der Waals surface area (Å²) in [6.07, 6.45) is 5.32. The zero-order valence-corrected chi connectivity index (χ0v) is 14.6. The molecule has 1 aliphatic heterocycles. The van der Waals surface area contributed by atoms with Gasteiger partial charge >= 0.3 is 5.97 Å². The van der Waals surface area contributed by atoms with E-state index in [0.717, 1.165) is 12.8 Å². The smallest absolute Gasteiger partial charge is 0.323 e. The Hall–Kier alpha value is -2.00. The van der Waals surface area contributed by atoms with E-state index < -0.39 is 16.0 Å². The monoisotopic (exact) mass is 367 g/mol. The van der Waals surface area contributed by atoms with Crippen molar-refractivity contribution in [3.63, 3.8) is 0 Å². The van der Waals surface area contributed by atoms with Crippen LogP contribution in [0.2, 0.25) is 0 Å². The van der Waals surface area contributed by atoms with Crippen molar-refractivity contribution >= 4 is 21.9 Å². The van der Waals surface area contributed by atoms with Crippen molar-refractivity contribution in [1.82, 2.24) is 14.2 Å². The number of carboxylic acid groups (broad SMARTS) is 1. The first-order valence-corrected chi connectivity index (χ1v) is 9.76. The van der Waals surface area contributed by atoms with Crippen LogP contribution in [0.25, 0.3) is 0 Å². The number of rotatable bonds is 6. The van der Waals surface area contributed by atoms with Crippen molar-refractivity contribution in [2.45, 2.75) is 36.6 Å². The number of piperidine rings is 1. The molecule has 2 fully saturated rings. The Morgan fingerprint density at radius 3 is 2.44 bits per heavy atom. The number of aliphatic carboxylic acids is 1. The van der Waals surface area contributed by atoms with E-state index in [1.54, 1.807) is 6.07 Å². The Kier molecular flexibility index (Phi) is 5.05. The SMILES string of the molecule is O=C(O)CN(C(=O)C1CCN(S(=O)(=O)c2cccnc2)CC1)C1CC1. The maximum absolute atomic E-state index is 12.6. The molecule has 2 heterocycles. The molecule has 0 aromatic carbocycles. The molecule has 1 aromatic heterocycles. The molecule has 1 saturated heterocycles. The number of carboxylic acids is 1. The van der Waals surface area contributed by atoms with E-state index in [2.05, 4.69) is 4.98 Å². The fourth-order valence-electron chi connectivity index (χ4n) is 3.15. The van der Waals surface area contributed by atoms with Gasteiger partial charge in [-0.2, -0.15) is 4.31 Å². The van der Waals surface area contributed by atoms with E-state index in [-0.39, 0.29) is 42.4 Å². The van der Waals surface area contributed by atoms with Crippen LogP contribution in [0.1, 0.15) is 25.7 Å². The molecular formula is C16H21N3O5S. The van der Waals surface area contributed by atoms with Crippen LogP contribution in [-0.4, -0.2) is 65.3 Å². The number of hydrogen-bond donors (Lipinski definition) is 1. The zero-order chi connectivity index (χ0) is 18.0. The molecule has 136 valence electrons. The number of hydrogen-bond acceptors (Lipinski definition) is 5. The normalized spacial score (nSPS) is 19.5. The molecule has 2 aliphatic rings. The summed E-state index contributed by atoms with van der Waals surface area (Å²) in [5.41, 5.74) is 0. The van der Waals surface area contributed by atoms with E-state index >= 15 is 0 Å². The number of carbonyl (C=O) groups excluding carboxylic acids is 1. The molecule has 0 unspecified atom stereocenters. The van der Waals surface area contributed by atoms with Gasteiger partial charge in [0.1, 0.15) is 11.4 Å². The largest absolute Gasteiger partial charge is 0.480 e. The average molecular weight is 367 g/mol. The van der Waals surface area contributed by atoms with E-state index in [9.17, 15) is 18.0 Å². The number of aromatic nitrogens is 1. The Bertz CT molecular complexity index is 740. The van der Waals surface area contributed by atoms with Crippen LogP contribution in [0.4, 0.5) is 0 Å². The second kappa shape index (κ2) is 7.09. The van der Waals surface area contributed by atoms with Crippen molar-refractivity contribution < 1.29 is 23.1 Å². The van der Waals surface area contributed by atoms with Gasteiger partial charge in [0, 0.05) is 37.4 Å². The van der Waals surface area contributed by atoms with Crippen LogP contribution in [0.15, 0.2) is 29.4 Å². The Balaban J connectivity index is 1.63. The second-order valence-corrected chi connectivity index (χ2v) is 8.40. The fraction of sp³-hybridized carbons (Fsp3) is 0.562. The summed E-state index contributed by atoms with van der Waals surface area (Å²) in [4.78, 5) is 29.0. The molecule has 9 heteroatoms. The third kappa shape index (κ3) is 3.98. The third-order valence-electron chi connectivity index (χ3n) is 4.65. The fourth-order valence-corrected chi connectivity index (χ4v) is 4.58. The molecule has 3 rings (SSSR count). The number of pyridine rings is 1. The van der Waals surface area contributed by atoms with E-state index in [1.165, 1.54) is 27.7 Å². The van der Waals surface area contributed by atoms with Crippen LogP contribution in [0.5, 0.6) is 0 Å². The Morgan fingerprint density at radius 1 is 1.24 bits per heavy atom. The lowest BCUT2D eigenvalue weighted by atomic mass is 9.96. The minimum atomic E-state index is -3.60. The summed E-state index contributed by atoms with van der Waals surface area (Å²) in [7, 11) is -3.60. The van der Waals surface area contributed by atoms with Crippen molar-refractivity contribution in [3.8, 4) is 0 Å². The predicted octanol–water partition coefficient (Wildman–Crippen LogP) is 0.558. The summed E-state index contributed by atoms with van der Waals surface area (Å²) in [5.74, 6) is -1.50. The lowest BCUT2D eigenvalue weighted by molar-refractivity contribution is -0.147. The van der Waals surface area contributed by atoms with E-state index in [4.69, 9.17) is 5.11 Å². The van der Waals surface area contributed by atoms with Gasteiger partial charge in [-0.1, -0.05) is 0 Å². The summed E-state index contributed by atoms with van der Waals surface area (Å²) in [6, 6.07) is 3.10. The van der Waals surface area contributed by atoms with Crippen LogP contribution < -0.4 is 0 Å². The van der Waals surface area contributed by atoms with Crippen LogP contribution in [-0.2, 0) is 19.6 Å². The highest BCUT2D eigenvalue weighted by Gasteiger charge is 2.39. The molecule has 0 atom stereocenters. The molecule has 0 spiro atoms. The van der Waals surface area contributed by atoms with Crippen molar-refractivity contribution in [2.24, 2.45) is 5.92 Å². The second-order valence-electron chi connectivity index (χ2n) is 6.46. The van der Waals surface area contributed by atoms with E-state index in [1.807, 2.05) is 0 Å². The summed E-state index contributed by atoms with van der Waals surface area (Å²) < 4.78 is 26.5. The van der Waals surface area contributed by atoms with Crippen molar-refractivity contribution in [3.05, 3.63) is 24.5 Å². The van der Waals surface area contributed by atoms with Gasteiger partial charge in [-0.3, -0.25) is 14.6 Å². The molecule has 25 heavy (non-hydrogen) atoms. The maximum Gasteiger partial charge on any atom is 0.323 e. The van der Waals surface area contributed by atoms with Gasteiger partial charge in [-0.05, 0) is 37.8 Å². The molecule has 1 N–H and O–H groups in total. The third-order valence-corrected chi connectivity index (χ3v) is 6.53. The first-order valence-electron chi connectivity index (χ1n) is 8.32. The molecule has 8 nitrogen and oxygen atoms in total. The van der Waals surface area contributed by atoms with E-state index in [0.29, 0.717) is 12.8 Å². The number of sulfonamides is 1. The van der Waals surface area contributed by atoms with Crippen molar-refractivity contribution in [1.29, 1.82) is 0 Å². The topological polar surface area (TPSA) is 108 Å². The minimum Gasteiger partial charge on any atom is -0.480 e. The molecule has 0 radical (unpaired) electrons. The lowest BCUT2D eigenvalue weighted by Crippen LogP contribution is -2.46. The number of amides is 1. The quantitative estimate of drug-likeness (QED) is 0.787.